The van der Waals surface area contributed by atoms with E-state index in [2.05, 4.69) is 97.1 Å². The van der Waals surface area contributed by atoms with Gasteiger partial charge in [0.25, 0.3) is 0 Å². The van der Waals surface area contributed by atoms with Gasteiger partial charge in [0.05, 0.1) is 0 Å². The fraction of sp³-hybridized carbons (Fsp3) is 0.105. The van der Waals surface area contributed by atoms with Crippen LogP contribution in [0.4, 0.5) is 0 Å². The molecule has 0 unspecified atom stereocenters. The Balaban J connectivity index is 1.10. The molecule has 6 aromatic rings. The zero-order valence-corrected chi connectivity index (χ0v) is 21.1. The van der Waals surface area contributed by atoms with Crippen LogP contribution in [0.1, 0.15) is 44.5 Å². The molecule has 0 radical (unpaired) electrons. The molecule has 0 heterocycles. The van der Waals surface area contributed by atoms with E-state index in [0.29, 0.717) is 0 Å². The third-order valence-corrected chi connectivity index (χ3v) is 9.88. The van der Waals surface area contributed by atoms with Gasteiger partial charge >= 0.3 is 0 Å². The Morgan fingerprint density at radius 1 is 0.289 bits per heavy atom. The van der Waals surface area contributed by atoms with Gasteiger partial charge in [-0.15, -0.1) is 0 Å². The first kappa shape index (κ1) is 19.7. The quantitative estimate of drug-likeness (QED) is 0.203. The van der Waals surface area contributed by atoms with Crippen molar-refractivity contribution in [3.05, 3.63) is 142 Å². The normalized spacial score (nSPS) is 14.4. The highest BCUT2D eigenvalue weighted by atomic mass is 14.4. The molecule has 176 valence electrons. The summed E-state index contributed by atoms with van der Waals surface area (Å²) in [7, 11) is 0. The Morgan fingerprint density at radius 3 is 1.32 bits per heavy atom. The minimum atomic E-state index is 1.06. The molecule has 0 atom stereocenters. The van der Waals surface area contributed by atoms with Crippen LogP contribution in [-0.4, -0.2) is 0 Å². The molecule has 0 heteroatoms. The Hall–Kier alpha value is -4.42. The summed E-state index contributed by atoms with van der Waals surface area (Å²) in [6.07, 6.45) is 4.28. The van der Waals surface area contributed by atoms with Crippen molar-refractivity contribution in [1.29, 1.82) is 0 Å². The van der Waals surface area contributed by atoms with E-state index in [-0.39, 0.29) is 0 Å². The van der Waals surface area contributed by atoms with Crippen molar-refractivity contribution in [3.8, 4) is 44.5 Å². The van der Waals surface area contributed by atoms with Crippen molar-refractivity contribution in [3.63, 3.8) is 0 Å². The zero-order chi connectivity index (χ0) is 24.5. The van der Waals surface area contributed by atoms with Crippen LogP contribution in [0.15, 0.2) is 97.1 Å². The summed E-state index contributed by atoms with van der Waals surface area (Å²) >= 11 is 0. The van der Waals surface area contributed by atoms with E-state index < -0.39 is 0 Å². The van der Waals surface area contributed by atoms with E-state index in [1.807, 2.05) is 0 Å². The van der Waals surface area contributed by atoms with Gasteiger partial charge in [0.1, 0.15) is 0 Å². The molecular formula is C38H24. The summed E-state index contributed by atoms with van der Waals surface area (Å²) in [6.45, 7) is 0. The van der Waals surface area contributed by atoms with Crippen LogP contribution in [0.2, 0.25) is 0 Å². The van der Waals surface area contributed by atoms with Crippen molar-refractivity contribution in [2.75, 3.05) is 0 Å². The topological polar surface area (TPSA) is 0 Å². The smallest absolute Gasteiger partial charge is 0.000730 e. The summed E-state index contributed by atoms with van der Waals surface area (Å²) in [5.74, 6) is 0. The fourth-order valence-electron chi connectivity index (χ4n) is 8.16. The van der Waals surface area contributed by atoms with E-state index in [1.165, 1.54) is 66.4 Å². The van der Waals surface area contributed by atoms with Gasteiger partial charge in [0.15, 0.2) is 0 Å². The fourth-order valence-corrected chi connectivity index (χ4v) is 8.16. The molecule has 0 aromatic heterocycles. The van der Waals surface area contributed by atoms with Gasteiger partial charge in [-0.2, -0.15) is 0 Å². The van der Waals surface area contributed by atoms with Crippen molar-refractivity contribution in [1.82, 2.24) is 0 Å². The average molecular weight is 481 g/mol. The van der Waals surface area contributed by atoms with Crippen molar-refractivity contribution in [2.24, 2.45) is 0 Å². The maximum atomic E-state index is 2.42. The number of hydrogen-bond donors (Lipinski definition) is 0. The van der Waals surface area contributed by atoms with Crippen LogP contribution in [0.5, 0.6) is 0 Å². The first-order valence-corrected chi connectivity index (χ1v) is 13.9. The molecule has 10 rings (SSSR count). The standard InChI is InChI=1S/C38H24/c1-2-6-22-16-32-24(15-21(22)5-1)18-34-31(32)14-13-28-30-12-11-29-27-10-9-26-25-8-4-3-7-23(25)17-33(26)35(27)19-37(29)38(30)20-36(28)34/h1-16H,17-20H2. The Labute approximate surface area is 222 Å². The molecular weight excluding hydrogens is 456 g/mol. The summed E-state index contributed by atoms with van der Waals surface area (Å²) in [5, 5.41) is 2.69. The van der Waals surface area contributed by atoms with E-state index in [4.69, 9.17) is 0 Å². The van der Waals surface area contributed by atoms with Crippen LogP contribution >= 0.6 is 0 Å². The molecule has 4 aliphatic rings. The molecule has 0 saturated carbocycles. The second-order valence-electron chi connectivity index (χ2n) is 11.6. The van der Waals surface area contributed by atoms with Gasteiger partial charge in [-0.25, -0.2) is 0 Å². The van der Waals surface area contributed by atoms with Crippen molar-refractivity contribution < 1.29 is 0 Å². The Kier molecular flexibility index (Phi) is 3.47. The van der Waals surface area contributed by atoms with Gasteiger partial charge in [-0.3, -0.25) is 0 Å². The highest BCUT2D eigenvalue weighted by Gasteiger charge is 2.34. The lowest BCUT2D eigenvalue weighted by Crippen LogP contribution is -1.94. The largest absolute Gasteiger partial charge is 0.0619 e. The highest BCUT2D eigenvalue weighted by molar-refractivity contribution is 5.96. The van der Waals surface area contributed by atoms with Crippen LogP contribution in [0.3, 0.4) is 0 Å². The second-order valence-corrected chi connectivity index (χ2v) is 11.6. The lowest BCUT2D eigenvalue weighted by atomic mass is 9.95. The Morgan fingerprint density at radius 2 is 0.711 bits per heavy atom. The van der Waals surface area contributed by atoms with E-state index in [9.17, 15) is 0 Å². The van der Waals surface area contributed by atoms with E-state index >= 15 is 0 Å². The molecule has 38 heavy (non-hydrogen) atoms. The van der Waals surface area contributed by atoms with Crippen LogP contribution in [0.25, 0.3) is 55.3 Å². The number of rotatable bonds is 0. The molecule has 4 aliphatic carbocycles. The maximum absolute atomic E-state index is 2.42. The van der Waals surface area contributed by atoms with Crippen LogP contribution in [-0.2, 0) is 25.7 Å². The van der Waals surface area contributed by atoms with E-state index in [1.54, 1.807) is 33.4 Å². The lowest BCUT2D eigenvalue weighted by Gasteiger charge is -2.09. The molecule has 6 aromatic carbocycles. The summed E-state index contributed by atoms with van der Waals surface area (Å²) in [4.78, 5) is 0. The number of hydrogen-bond acceptors (Lipinski definition) is 0. The molecule has 0 spiro atoms. The number of fused-ring (bicyclic) bond motifs is 16. The lowest BCUT2D eigenvalue weighted by molar-refractivity contribution is 1.11. The molecule has 0 nitrogen and oxygen atoms in total. The van der Waals surface area contributed by atoms with Gasteiger partial charge in [0.2, 0.25) is 0 Å². The third kappa shape index (κ3) is 2.33. The minimum absolute atomic E-state index is 1.06. The molecule has 0 aliphatic heterocycles. The zero-order valence-electron chi connectivity index (χ0n) is 21.1. The summed E-state index contributed by atoms with van der Waals surface area (Å²) in [6, 6.07) is 37.0. The van der Waals surface area contributed by atoms with E-state index in [0.717, 1.165) is 25.7 Å². The summed E-state index contributed by atoms with van der Waals surface area (Å²) in [5.41, 5.74) is 24.0. The van der Waals surface area contributed by atoms with Gasteiger partial charge in [-0.05, 0) is 132 Å². The molecule has 0 bridgehead atoms. The van der Waals surface area contributed by atoms with Crippen LogP contribution < -0.4 is 0 Å². The highest BCUT2D eigenvalue weighted by Crippen LogP contribution is 2.52. The molecule has 0 amide bonds. The van der Waals surface area contributed by atoms with Crippen LogP contribution in [0, 0.1) is 0 Å². The SMILES string of the molecule is c1ccc2c(c1)Cc1c-2ccc2c1Cc1c-2ccc2c1Cc1c-2ccc2c1Cc1cc3ccccc3cc1-2. The minimum Gasteiger partial charge on any atom is -0.0619 e. The maximum Gasteiger partial charge on any atom is -0.000730 e. The average Bonchev–Trinajstić information content (AvgIpc) is 3.70. The second kappa shape index (κ2) is 6.71. The van der Waals surface area contributed by atoms with Crippen molar-refractivity contribution in [2.45, 2.75) is 25.7 Å². The predicted octanol–water partition coefficient (Wildman–Crippen LogP) is 9.12. The number of benzene rings is 6. The van der Waals surface area contributed by atoms with Crippen molar-refractivity contribution >= 4 is 10.8 Å². The van der Waals surface area contributed by atoms with Gasteiger partial charge in [-0.1, -0.05) is 91.0 Å². The monoisotopic (exact) mass is 480 g/mol. The Bertz CT molecular complexity index is 2070. The predicted molar refractivity (Wildman–Crippen MR) is 157 cm³/mol. The molecule has 0 fully saturated rings. The first-order chi connectivity index (χ1) is 18.8. The van der Waals surface area contributed by atoms with Gasteiger partial charge < -0.3 is 0 Å². The molecule has 0 saturated heterocycles. The third-order valence-electron chi connectivity index (χ3n) is 9.88. The molecule has 0 N–H and O–H groups in total. The van der Waals surface area contributed by atoms with Gasteiger partial charge in [0, 0.05) is 0 Å². The first-order valence-electron chi connectivity index (χ1n) is 13.9. The summed E-state index contributed by atoms with van der Waals surface area (Å²) < 4.78 is 0.